The highest BCUT2D eigenvalue weighted by Gasteiger charge is 2.39. The van der Waals surface area contributed by atoms with Gasteiger partial charge in [0.1, 0.15) is 6.10 Å². The standard InChI is InChI=1S/C30H43NO2/c1-6-7-8-9-10-11-12-23-13-15-24(16-14-23)25-17-19-26(20-18-25)28(32)33-27-21-29(2,3)31-30(4,5)22-27/h13-20,27,31H,6-12,21-22H2,1-5H3. The SMILES string of the molecule is CCCCCCCCc1ccc(-c2ccc(C(=O)OC3CC(C)(C)NC(C)(C)C3)cc2)cc1. The van der Waals surface area contributed by atoms with E-state index in [1.54, 1.807) is 0 Å². The third-order valence-electron chi connectivity index (χ3n) is 6.65. The van der Waals surface area contributed by atoms with Gasteiger partial charge in [-0.2, -0.15) is 0 Å². The second-order valence-corrected chi connectivity index (χ2v) is 11.1. The highest BCUT2D eigenvalue weighted by atomic mass is 16.5. The summed E-state index contributed by atoms with van der Waals surface area (Å²) in [6, 6.07) is 16.7. The van der Waals surface area contributed by atoms with Gasteiger partial charge in [-0.3, -0.25) is 0 Å². The Bertz CT molecular complexity index is 865. The predicted molar refractivity (Wildman–Crippen MR) is 139 cm³/mol. The number of aryl methyl sites for hydroxylation is 1. The van der Waals surface area contributed by atoms with E-state index in [1.165, 1.54) is 49.7 Å². The number of rotatable bonds is 10. The Balaban J connectivity index is 1.52. The second kappa shape index (κ2) is 11.3. The van der Waals surface area contributed by atoms with E-state index in [4.69, 9.17) is 4.74 Å². The largest absolute Gasteiger partial charge is 0.459 e. The molecule has 0 bridgehead atoms. The van der Waals surface area contributed by atoms with Crippen LogP contribution in [0.4, 0.5) is 0 Å². The fourth-order valence-electron chi connectivity index (χ4n) is 5.30. The van der Waals surface area contributed by atoms with E-state index < -0.39 is 0 Å². The molecule has 0 aliphatic carbocycles. The van der Waals surface area contributed by atoms with Crippen molar-refractivity contribution < 1.29 is 9.53 Å². The number of carbonyl (C=O) groups excluding carboxylic acids is 1. The Morgan fingerprint density at radius 3 is 1.91 bits per heavy atom. The van der Waals surface area contributed by atoms with E-state index in [2.05, 4.69) is 64.2 Å². The Morgan fingerprint density at radius 1 is 0.818 bits per heavy atom. The van der Waals surface area contributed by atoms with Crippen molar-refractivity contribution in [2.75, 3.05) is 0 Å². The summed E-state index contributed by atoms with van der Waals surface area (Å²) in [6.07, 6.45) is 10.7. The van der Waals surface area contributed by atoms with Crippen LogP contribution >= 0.6 is 0 Å². The van der Waals surface area contributed by atoms with E-state index in [0.29, 0.717) is 5.56 Å². The average molecular weight is 450 g/mol. The number of unbranched alkanes of at least 4 members (excludes halogenated alkanes) is 5. The first-order valence-electron chi connectivity index (χ1n) is 12.9. The van der Waals surface area contributed by atoms with Crippen LogP contribution in [0.25, 0.3) is 11.1 Å². The lowest BCUT2D eigenvalue weighted by Crippen LogP contribution is -2.59. The fourth-order valence-corrected chi connectivity index (χ4v) is 5.30. The molecule has 3 heteroatoms. The minimum Gasteiger partial charge on any atom is -0.459 e. The number of benzene rings is 2. The molecule has 0 atom stereocenters. The normalized spacial score (nSPS) is 17.6. The first-order chi connectivity index (χ1) is 15.7. The van der Waals surface area contributed by atoms with Crippen molar-refractivity contribution in [3.05, 3.63) is 59.7 Å². The smallest absolute Gasteiger partial charge is 0.338 e. The highest BCUT2D eigenvalue weighted by Crippen LogP contribution is 2.31. The van der Waals surface area contributed by atoms with Crippen LogP contribution in [0.1, 0.15) is 102 Å². The lowest BCUT2D eigenvalue weighted by Gasteiger charge is -2.45. The molecular weight excluding hydrogens is 406 g/mol. The van der Waals surface area contributed by atoms with Gasteiger partial charge in [0.15, 0.2) is 0 Å². The lowest BCUT2D eigenvalue weighted by molar-refractivity contribution is -0.00637. The van der Waals surface area contributed by atoms with E-state index in [9.17, 15) is 4.79 Å². The molecule has 3 nitrogen and oxygen atoms in total. The van der Waals surface area contributed by atoms with E-state index in [1.807, 2.05) is 24.3 Å². The molecule has 1 fully saturated rings. The van der Waals surface area contributed by atoms with Crippen molar-refractivity contribution >= 4 is 5.97 Å². The van der Waals surface area contributed by atoms with Crippen molar-refractivity contribution in [1.82, 2.24) is 5.32 Å². The molecule has 1 N–H and O–H groups in total. The minimum atomic E-state index is -0.227. The average Bonchev–Trinajstić information content (AvgIpc) is 2.74. The van der Waals surface area contributed by atoms with Gasteiger partial charge >= 0.3 is 5.97 Å². The van der Waals surface area contributed by atoms with Crippen LogP contribution in [0.15, 0.2) is 48.5 Å². The van der Waals surface area contributed by atoms with Gasteiger partial charge in [0.05, 0.1) is 5.56 Å². The summed E-state index contributed by atoms with van der Waals surface area (Å²) in [5.41, 5.74) is 4.25. The van der Waals surface area contributed by atoms with Crippen molar-refractivity contribution in [3.63, 3.8) is 0 Å². The number of hydrogen-bond donors (Lipinski definition) is 1. The molecule has 33 heavy (non-hydrogen) atoms. The maximum atomic E-state index is 12.8. The van der Waals surface area contributed by atoms with Crippen molar-refractivity contribution in [2.24, 2.45) is 0 Å². The molecular formula is C30H43NO2. The quantitative estimate of drug-likeness (QED) is 0.298. The predicted octanol–water partition coefficient (Wildman–Crippen LogP) is 7.72. The van der Waals surface area contributed by atoms with Crippen molar-refractivity contribution in [1.29, 1.82) is 0 Å². The summed E-state index contributed by atoms with van der Waals surface area (Å²) in [7, 11) is 0. The first-order valence-corrected chi connectivity index (χ1v) is 12.9. The van der Waals surface area contributed by atoms with Gasteiger partial charge in [0, 0.05) is 23.9 Å². The highest BCUT2D eigenvalue weighted by molar-refractivity contribution is 5.90. The summed E-state index contributed by atoms with van der Waals surface area (Å²) in [5.74, 6) is -0.227. The zero-order valence-corrected chi connectivity index (χ0v) is 21.4. The number of hydrogen-bond acceptors (Lipinski definition) is 3. The first kappa shape index (κ1) is 25.5. The van der Waals surface area contributed by atoms with Crippen LogP contribution in [-0.2, 0) is 11.2 Å². The third kappa shape index (κ3) is 7.99. The second-order valence-electron chi connectivity index (χ2n) is 11.1. The lowest BCUT2D eigenvalue weighted by atomic mass is 9.81. The molecule has 0 spiro atoms. The van der Waals surface area contributed by atoms with Crippen LogP contribution in [0.5, 0.6) is 0 Å². The number of carbonyl (C=O) groups is 1. The van der Waals surface area contributed by atoms with Gasteiger partial charge in [0.2, 0.25) is 0 Å². The van der Waals surface area contributed by atoms with Gasteiger partial charge in [-0.25, -0.2) is 4.79 Å². The Labute approximate surface area is 201 Å². The molecule has 0 aromatic heterocycles. The summed E-state index contributed by atoms with van der Waals surface area (Å²) in [6.45, 7) is 10.9. The third-order valence-corrected chi connectivity index (χ3v) is 6.65. The van der Waals surface area contributed by atoms with E-state index in [0.717, 1.165) is 24.8 Å². The Morgan fingerprint density at radius 2 is 1.33 bits per heavy atom. The van der Waals surface area contributed by atoms with Gasteiger partial charge in [-0.1, -0.05) is 75.4 Å². The number of esters is 1. The molecule has 2 aromatic carbocycles. The van der Waals surface area contributed by atoms with Crippen molar-refractivity contribution in [3.8, 4) is 11.1 Å². The molecule has 0 amide bonds. The summed E-state index contributed by atoms with van der Waals surface area (Å²) >= 11 is 0. The van der Waals surface area contributed by atoms with Crippen LogP contribution in [-0.4, -0.2) is 23.2 Å². The van der Waals surface area contributed by atoms with E-state index in [-0.39, 0.29) is 23.2 Å². The molecule has 1 aliphatic rings. The molecule has 2 aromatic rings. The molecule has 0 saturated carbocycles. The van der Waals surface area contributed by atoms with Gasteiger partial charge < -0.3 is 10.1 Å². The van der Waals surface area contributed by atoms with Crippen LogP contribution in [0.2, 0.25) is 0 Å². The molecule has 1 aliphatic heterocycles. The zero-order valence-electron chi connectivity index (χ0n) is 21.4. The number of piperidine rings is 1. The molecule has 0 radical (unpaired) electrons. The van der Waals surface area contributed by atoms with E-state index >= 15 is 0 Å². The fraction of sp³-hybridized carbons (Fsp3) is 0.567. The summed E-state index contributed by atoms with van der Waals surface area (Å²) < 4.78 is 5.90. The molecule has 1 heterocycles. The van der Waals surface area contributed by atoms with Crippen molar-refractivity contribution in [2.45, 2.75) is 110 Å². The van der Waals surface area contributed by atoms with Gasteiger partial charge in [-0.15, -0.1) is 0 Å². The maximum Gasteiger partial charge on any atom is 0.338 e. The van der Waals surface area contributed by atoms with Gasteiger partial charge in [0.25, 0.3) is 0 Å². The summed E-state index contributed by atoms with van der Waals surface area (Å²) in [5, 5.41) is 3.63. The molecule has 1 saturated heterocycles. The monoisotopic (exact) mass is 449 g/mol. The zero-order chi connectivity index (χ0) is 23.9. The molecule has 0 unspecified atom stereocenters. The molecule has 180 valence electrons. The maximum absolute atomic E-state index is 12.8. The Kier molecular flexibility index (Phi) is 8.75. The molecule has 3 rings (SSSR count). The van der Waals surface area contributed by atoms with Crippen LogP contribution < -0.4 is 5.32 Å². The van der Waals surface area contributed by atoms with Gasteiger partial charge in [-0.05, 0) is 69.4 Å². The van der Waals surface area contributed by atoms with Crippen LogP contribution in [0, 0.1) is 0 Å². The minimum absolute atomic E-state index is 0.0439. The Hall–Kier alpha value is -2.13. The summed E-state index contributed by atoms with van der Waals surface area (Å²) in [4.78, 5) is 12.8. The number of ether oxygens (including phenoxy) is 1. The topological polar surface area (TPSA) is 38.3 Å². The number of nitrogens with one attached hydrogen (secondary N) is 1. The van der Waals surface area contributed by atoms with Crippen LogP contribution in [0.3, 0.4) is 0 Å².